The summed E-state index contributed by atoms with van der Waals surface area (Å²) in [5, 5.41) is 17.1. The fourth-order valence-electron chi connectivity index (χ4n) is 2.97. The van der Waals surface area contributed by atoms with Gasteiger partial charge in [0, 0.05) is 18.3 Å². The van der Waals surface area contributed by atoms with E-state index in [0.717, 1.165) is 24.9 Å². The van der Waals surface area contributed by atoms with E-state index in [9.17, 15) is 5.26 Å². The van der Waals surface area contributed by atoms with Crippen molar-refractivity contribution in [2.75, 3.05) is 12.4 Å². The van der Waals surface area contributed by atoms with Gasteiger partial charge >= 0.3 is 0 Å². The van der Waals surface area contributed by atoms with Crippen molar-refractivity contribution in [2.45, 2.75) is 25.3 Å². The Morgan fingerprint density at radius 1 is 1.48 bits per heavy atom. The van der Waals surface area contributed by atoms with Gasteiger partial charge in [0.05, 0.1) is 30.6 Å². The van der Waals surface area contributed by atoms with Crippen LogP contribution in [0.3, 0.4) is 0 Å². The zero-order chi connectivity index (χ0) is 14.8. The van der Waals surface area contributed by atoms with Gasteiger partial charge in [-0.25, -0.2) is 0 Å². The monoisotopic (exact) mass is 282 g/mol. The van der Waals surface area contributed by atoms with Gasteiger partial charge < -0.3 is 10.1 Å². The lowest BCUT2D eigenvalue weighted by atomic mass is 9.92. The van der Waals surface area contributed by atoms with E-state index in [1.807, 2.05) is 30.1 Å². The quantitative estimate of drug-likeness (QED) is 0.940. The maximum absolute atomic E-state index is 9.31. The molecule has 21 heavy (non-hydrogen) atoms. The Morgan fingerprint density at radius 3 is 3.10 bits per heavy atom. The van der Waals surface area contributed by atoms with Crippen molar-refractivity contribution >= 4 is 5.69 Å². The number of aryl methyl sites for hydroxylation is 1. The smallest absolute Gasteiger partial charge is 0.143 e. The number of rotatable bonds is 3. The van der Waals surface area contributed by atoms with Crippen LogP contribution in [-0.2, 0) is 13.5 Å². The highest BCUT2D eigenvalue weighted by molar-refractivity contribution is 5.67. The molecule has 5 heteroatoms. The summed E-state index contributed by atoms with van der Waals surface area (Å²) in [7, 11) is 3.60. The Morgan fingerprint density at radius 2 is 2.33 bits per heavy atom. The molecule has 108 valence electrons. The molecule has 1 aliphatic carbocycles. The van der Waals surface area contributed by atoms with E-state index in [-0.39, 0.29) is 6.04 Å². The summed E-state index contributed by atoms with van der Waals surface area (Å²) in [4.78, 5) is 0. The van der Waals surface area contributed by atoms with Crippen molar-refractivity contribution in [3.63, 3.8) is 0 Å². The molecule has 3 rings (SSSR count). The minimum absolute atomic E-state index is 0.172. The second-order valence-electron chi connectivity index (χ2n) is 5.25. The predicted molar refractivity (Wildman–Crippen MR) is 80.2 cm³/mol. The highest BCUT2D eigenvalue weighted by Gasteiger charge is 2.24. The third kappa shape index (κ3) is 2.33. The van der Waals surface area contributed by atoms with E-state index in [0.29, 0.717) is 11.3 Å². The Balaban J connectivity index is 1.97. The molecule has 0 spiro atoms. The van der Waals surface area contributed by atoms with Crippen molar-refractivity contribution in [1.82, 2.24) is 9.78 Å². The van der Waals surface area contributed by atoms with Crippen molar-refractivity contribution in [1.29, 1.82) is 5.26 Å². The number of nitrogens with zero attached hydrogens (tertiary/aromatic N) is 3. The second-order valence-corrected chi connectivity index (χ2v) is 5.25. The van der Waals surface area contributed by atoms with Crippen LogP contribution >= 0.6 is 0 Å². The molecule has 0 saturated heterocycles. The number of hydrogen-bond donors (Lipinski definition) is 1. The number of para-hydroxylation sites is 1. The number of nitrogens with one attached hydrogen (secondary N) is 1. The number of aromatic nitrogens is 2. The maximum atomic E-state index is 9.31. The van der Waals surface area contributed by atoms with Gasteiger partial charge in [0.15, 0.2) is 0 Å². The van der Waals surface area contributed by atoms with E-state index in [2.05, 4.69) is 16.5 Å². The summed E-state index contributed by atoms with van der Waals surface area (Å²) in [5.74, 6) is 0.699. The topological polar surface area (TPSA) is 62.9 Å². The Bertz CT molecular complexity index is 699. The summed E-state index contributed by atoms with van der Waals surface area (Å²) < 4.78 is 7.33. The molecule has 0 bridgehead atoms. The lowest BCUT2D eigenvalue weighted by Gasteiger charge is -2.26. The van der Waals surface area contributed by atoms with E-state index in [1.54, 1.807) is 13.2 Å². The minimum atomic E-state index is 0.172. The normalized spacial score (nSPS) is 16.9. The van der Waals surface area contributed by atoms with Crippen LogP contribution in [0.4, 0.5) is 5.69 Å². The molecular weight excluding hydrogens is 264 g/mol. The molecule has 1 N–H and O–H groups in total. The van der Waals surface area contributed by atoms with Gasteiger partial charge in [-0.2, -0.15) is 10.4 Å². The van der Waals surface area contributed by atoms with Gasteiger partial charge in [0.1, 0.15) is 11.8 Å². The Labute approximate surface area is 124 Å². The van der Waals surface area contributed by atoms with Crippen LogP contribution in [0.15, 0.2) is 24.4 Å². The molecule has 0 fully saturated rings. The molecule has 1 unspecified atom stereocenters. The highest BCUT2D eigenvalue weighted by atomic mass is 16.5. The number of anilines is 1. The maximum Gasteiger partial charge on any atom is 0.143 e. The molecule has 0 amide bonds. The van der Waals surface area contributed by atoms with E-state index >= 15 is 0 Å². The van der Waals surface area contributed by atoms with Crippen molar-refractivity contribution in [3.8, 4) is 11.8 Å². The van der Waals surface area contributed by atoms with Gasteiger partial charge in [0.2, 0.25) is 0 Å². The predicted octanol–water partition coefficient (Wildman–Crippen LogP) is 2.79. The van der Waals surface area contributed by atoms with Gasteiger partial charge in [-0.15, -0.1) is 0 Å². The van der Waals surface area contributed by atoms with Gasteiger partial charge in [0.25, 0.3) is 0 Å². The third-order valence-electron chi connectivity index (χ3n) is 4.06. The molecule has 0 aliphatic heterocycles. The summed E-state index contributed by atoms with van der Waals surface area (Å²) in [6.45, 7) is 0. The second kappa shape index (κ2) is 5.49. The van der Waals surface area contributed by atoms with Crippen LogP contribution < -0.4 is 10.1 Å². The van der Waals surface area contributed by atoms with Gasteiger partial charge in [-0.1, -0.05) is 6.07 Å². The van der Waals surface area contributed by atoms with Crippen LogP contribution in [0, 0.1) is 11.3 Å². The molecule has 0 radical (unpaired) electrons. The number of fused-ring (bicyclic) bond motifs is 1. The van der Waals surface area contributed by atoms with Crippen LogP contribution in [0.2, 0.25) is 0 Å². The molecule has 0 saturated carbocycles. The van der Waals surface area contributed by atoms with E-state index < -0.39 is 0 Å². The average molecular weight is 282 g/mol. The zero-order valence-corrected chi connectivity index (χ0v) is 12.3. The highest BCUT2D eigenvalue weighted by Crippen LogP contribution is 2.36. The summed E-state index contributed by atoms with van der Waals surface area (Å²) in [6.07, 6.45) is 5.12. The average Bonchev–Trinajstić information content (AvgIpc) is 2.90. The standard InChI is InChI=1S/C16H18N4O/c1-20-14-7-4-6-13(12(14)10-18-20)19-16-11(9-17)5-3-8-15(16)21-2/h3,5,8,10,13,19H,4,6-7H2,1-2H3. The first-order valence-corrected chi connectivity index (χ1v) is 7.09. The molecule has 1 aromatic heterocycles. The van der Waals surface area contributed by atoms with Crippen molar-refractivity contribution in [3.05, 3.63) is 41.2 Å². The SMILES string of the molecule is COc1cccc(C#N)c1NC1CCCc2c1cnn2C. The van der Waals surface area contributed by atoms with Gasteiger partial charge in [-0.05, 0) is 31.4 Å². The van der Waals surface area contributed by atoms with Crippen LogP contribution in [0.5, 0.6) is 5.75 Å². The lowest BCUT2D eigenvalue weighted by Crippen LogP contribution is -2.18. The molecule has 1 aliphatic rings. The molecule has 5 nitrogen and oxygen atoms in total. The summed E-state index contributed by atoms with van der Waals surface area (Å²) >= 11 is 0. The summed E-state index contributed by atoms with van der Waals surface area (Å²) in [5.41, 5.74) is 3.86. The largest absolute Gasteiger partial charge is 0.495 e. The van der Waals surface area contributed by atoms with Gasteiger partial charge in [-0.3, -0.25) is 4.68 Å². The number of benzene rings is 1. The fourth-order valence-corrected chi connectivity index (χ4v) is 2.97. The number of ether oxygens (including phenoxy) is 1. The van der Waals surface area contributed by atoms with Crippen LogP contribution in [0.1, 0.15) is 35.7 Å². The van der Waals surface area contributed by atoms with Crippen molar-refractivity contribution in [2.24, 2.45) is 7.05 Å². The molecular formula is C16H18N4O. The molecule has 2 aromatic rings. The summed E-state index contributed by atoms with van der Waals surface area (Å²) in [6, 6.07) is 7.90. The zero-order valence-electron chi connectivity index (χ0n) is 12.3. The van der Waals surface area contributed by atoms with E-state index in [1.165, 1.54) is 11.3 Å². The first kappa shape index (κ1) is 13.5. The fraction of sp³-hybridized carbons (Fsp3) is 0.375. The molecule has 1 aromatic carbocycles. The minimum Gasteiger partial charge on any atom is -0.495 e. The molecule has 1 atom stereocenters. The first-order chi connectivity index (χ1) is 10.2. The Hall–Kier alpha value is -2.48. The van der Waals surface area contributed by atoms with E-state index in [4.69, 9.17) is 4.74 Å². The number of nitriles is 1. The number of hydrogen-bond acceptors (Lipinski definition) is 4. The number of methoxy groups -OCH3 is 1. The molecule has 1 heterocycles. The van der Waals surface area contributed by atoms with Crippen LogP contribution in [0.25, 0.3) is 0 Å². The Kier molecular flexibility index (Phi) is 3.53. The van der Waals surface area contributed by atoms with Crippen molar-refractivity contribution < 1.29 is 4.74 Å². The van der Waals surface area contributed by atoms with Crippen LogP contribution in [-0.4, -0.2) is 16.9 Å². The third-order valence-corrected chi connectivity index (χ3v) is 4.06. The first-order valence-electron chi connectivity index (χ1n) is 7.09. The lowest BCUT2D eigenvalue weighted by molar-refractivity contribution is 0.415.